The highest BCUT2D eigenvalue weighted by atomic mass is 16.3. The summed E-state index contributed by atoms with van der Waals surface area (Å²) >= 11 is 0. The first-order valence-corrected chi connectivity index (χ1v) is 6.40. The highest BCUT2D eigenvalue weighted by Crippen LogP contribution is 2.34. The van der Waals surface area contributed by atoms with E-state index in [1.165, 1.54) is 0 Å². The number of hydrogen-bond acceptors (Lipinski definition) is 2. The lowest BCUT2D eigenvalue weighted by molar-refractivity contribution is 0.469. The van der Waals surface area contributed by atoms with Crippen molar-refractivity contribution in [2.45, 2.75) is 13.8 Å². The lowest BCUT2D eigenvalue weighted by Gasteiger charge is -2.11. The van der Waals surface area contributed by atoms with Gasteiger partial charge in [0.1, 0.15) is 11.5 Å². The molecule has 0 aromatic heterocycles. The van der Waals surface area contributed by atoms with Gasteiger partial charge in [-0.2, -0.15) is 0 Å². The van der Waals surface area contributed by atoms with Gasteiger partial charge in [0, 0.05) is 11.1 Å². The molecule has 2 N–H and O–H groups in total. The van der Waals surface area contributed by atoms with Crippen molar-refractivity contribution in [2.75, 3.05) is 0 Å². The predicted molar refractivity (Wildman–Crippen MR) is 84.9 cm³/mol. The summed E-state index contributed by atoms with van der Waals surface area (Å²) in [4.78, 5) is 0. The summed E-state index contributed by atoms with van der Waals surface area (Å²) in [6.07, 6.45) is 3.26. The molecule has 0 aliphatic carbocycles. The van der Waals surface area contributed by atoms with Gasteiger partial charge in [-0.15, -0.1) is 0 Å². The number of aromatic hydroxyl groups is 2. The van der Waals surface area contributed by atoms with Gasteiger partial charge >= 0.3 is 0 Å². The van der Waals surface area contributed by atoms with Crippen molar-refractivity contribution in [1.82, 2.24) is 0 Å². The van der Waals surface area contributed by atoms with Crippen LogP contribution in [-0.4, -0.2) is 10.2 Å². The fourth-order valence-electron chi connectivity index (χ4n) is 2.26. The molecular formula is C18H18O2. The van der Waals surface area contributed by atoms with E-state index in [4.69, 9.17) is 0 Å². The molecule has 2 rings (SSSR count). The summed E-state index contributed by atoms with van der Waals surface area (Å²) in [6.45, 7) is 11.1. The molecule has 0 aliphatic heterocycles. The standard InChI is InChI=1S/C18H18O2/c1-5-13-9-15(7-11(3)17(13)19)16-8-12(4)18(20)14(6-2)10-16/h5-10,19-20H,1-2H2,3-4H3. The minimum atomic E-state index is 0.253. The van der Waals surface area contributed by atoms with Crippen molar-refractivity contribution < 1.29 is 10.2 Å². The van der Waals surface area contributed by atoms with Crippen LogP contribution in [0.4, 0.5) is 0 Å². The quantitative estimate of drug-likeness (QED) is 0.847. The van der Waals surface area contributed by atoms with Gasteiger partial charge < -0.3 is 10.2 Å². The molecule has 2 nitrogen and oxygen atoms in total. The predicted octanol–water partition coefficient (Wildman–Crippen LogP) is 4.67. The van der Waals surface area contributed by atoms with Crippen molar-refractivity contribution in [1.29, 1.82) is 0 Å². The van der Waals surface area contributed by atoms with Crippen molar-refractivity contribution in [3.05, 3.63) is 59.7 Å². The lowest BCUT2D eigenvalue weighted by atomic mass is 9.95. The normalized spacial score (nSPS) is 10.3. The molecule has 2 aromatic rings. The number of benzene rings is 2. The average Bonchev–Trinajstić information content (AvgIpc) is 2.44. The molecule has 2 aromatic carbocycles. The van der Waals surface area contributed by atoms with E-state index in [2.05, 4.69) is 13.2 Å². The number of rotatable bonds is 3. The zero-order valence-corrected chi connectivity index (χ0v) is 11.8. The van der Waals surface area contributed by atoms with E-state index < -0.39 is 0 Å². The van der Waals surface area contributed by atoms with Gasteiger partial charge in [0.25, 0.3) is 0 Å². The molecule has 2 heteroatoms. The van der Waals surface area contributed by atoms with Crippen molar-refractivity contribution >= 4 is 12.2 Å². The summed E-state index contributed by atoms with van der Waals surface area (Å²) in [5, 5.41) is 19.9. The third kappa shape index (κ3) is 2.32. The largest absolute Gasteiger partial charge is 0.507 e. The fourth-order valence-corrected chi connectivity index (χ4v) is 2.26. The summed E-state index contributed by atoms with van der Waals surface area (Å²) in [5.41, 5.74) is 4.94. The van der Waals surface area contributed by atoms with Crippen LogP contribution in [0, 0.1) is 13.8 Å². The third-order valence-electron chi connectivity index (χ3n) is 3.43. The Balaban J connectivity index is 2.68. The Morgan fingerprint density at radius 3 is 1.40 bits per heavy atom. The Kier molecular flexibility index (Phi) is 3.66. The molecule has 0 saturated carbocycles. The van der Waals surface area contributed by atoms with Crippen molar-refractivity contribution in [2.24, 2.45) is 0 Å². The van der Waals surface area contributed by atoms with E-state index in [9.17, 15) is 10.2 Å². The van der Waals surface area contributed by atoms with E-state index in [0.29, 0.717) is 11.1 Å². The number of aryl methyl sites for hydroxylation is 2. The fraction of sp³-hybridized carbons (Fsp3) is 0.111. The first kappa shape index (κ1) is 13.9. The molecule has 0 unspecified atom stereocenters. The van der Waals surface area contributed by atoms with Gasteiger partial charge in [-0.3, -0.25) is 0 Å². The van der Waals surface area contributed by atoms with E-state index >= 15 is 0 Å². The van der Waals surface area contributed by atoms with Gasteiger partial charge in [0.15, 0.2) is 0 Å². The van der Waals surface area contributed by atoms with Gasteiger partial charge in [0.05, 0.1) is 0 Å². The molecular weight excluding hydrogens is 248 g/mol. The van der Waals surface area contributed by atoms with Gasteiger partial charge in [-0.05, 0) is 60.4 Å². The molecule has 0 aliphatic rings. The second-order valence-electron chi connectivity index (χ2n) is 4.87. The molecule has 0 radical (unpaired) electrons. The molecule has 0 saturated heterocycles. The Labute approximate surface area is 119 Å². The summed E-state index contributed by atoms with van der Waals surface area (Å²) in [6, 6.07) is 7.60. The van der Waals surface area contributed by atoms with Crippen LogP contribution in [-0.2, 0) is 0 Å². The molecule has 0 amide bonds. The second kappa shape index (κ2) is 5.25. The van der Waals surface area contributed by atoms with Crippen LogP contribution in [0.3, 0.4) is 0 Å². The molecule has 102 valence electrons. The maximum atomic E-state index is 9.94. The van der Waals surface area contributed by atoms with Crippen LogP contribution < -0.4 is 0 Å². The van der Waals surface area contributed by atoms with Crippen LogP contribution in [0.5, 0.6) is 11.5 Å². The molecule has 0 fully saturated rings. The van der Waals surface area contributed by atoms with Crippen LogP contribution in [0.1, 0.15) is 22.3 Å². The van der Waals surface area contributed by atoms with Gasteiger partial charge in [-0.1, -0.05) is 25.3 Å². The first-order valence-electron chi connectivity index (χ1n) is 6.40. The minimum Gasteiger partial charge on any atom is -0.507 e. The molecule has 0 atom stereocenters. The highest BCUT2D eigenvalue weighted by molar-refractivity contribution is 5.75. The summed E-state index contributed by atoms with van der Waals surface area (Å²) in [7, 11) is 0. The second-order valence-corrected chi connectivity index (χ2v) is 4.87. The Morgan fingerprint density at radius 1 is 0.750 bits per heavy atom. The minimum absolute atomic E-state index is 0.253. The smallest absolute Gasteiger partial charge is 0.125 e. The monoisotopic (exact) mass is 266 g/mol. The molecule has 0 heterocycles. The Morgan fingerprint density at radius 2 is 1.10 bits per heavy atom. The van der Waals surface area contributed by atoms with Crippen LogP contribution in [0.2, 0.25) is 0 Å². The first-order chi connectivity index (χ1) is 9.47. The van der Waals surface area contributed by atoms with Crippen molar-refractivity contribution in [3.63, 3.8) is 0 Å². The molecule has 0 spiro atoms. The van der Waals surface area contributed by atoms with Crippen LogP contribution in [0.25, 0.3) is 23.3 Å². The maximum Gasteiger partial charge on any atom is 0.125 e. The van der Waals surface area contributed by atoms with E-state index in [1.807, 2.05) is 38.1 Å². The zero-order valence-electron chi connectivity index (χ0n) is 11.8. The number of hydrogen-bond donors (Lipinski definition) is 2. The number of phenols is 2. The SMILES string of the molecule is C=Cc1cc(-c2cc(C)c(O)c(C=C)c2)cc(C)c1O. The van der Waals surface area contributed by atoms with Gasteiger partial charge in [0.2, 0.25) is 0 Å². The average molecular weight is 266 g/mol. The van der Waals surface area contributed by atoms with Gasteiger partial charge in [-0.25, -0.2) is 0 Å². The number of phenolic OH excluding ortho intramolecular Hbond substituents is 2. The Hall–Kier alpha value is -2.48. The molecule has 20 heavy (non-hydrogen) atoms. The topological polar surface area (TPSA) is 40.5 Å². The third-order valence-corrected chi connectivity index (χ3v) is 3.43. The Bertz CT molecular complexity index is 636. The van der Waals surface area contributed by atoms with Crippen LogP contribution in [0.15, 0.2) is 37.4 Å². The summed E-state index contributed by atoms with van der Waals surface area (Å²) < 4.78 is 0. The molecule has 0 bridgehead atoms. The van der Waals surface area contributed by atoms with E-state index in [0.717, 1.165) is 22.3 Å². The van der Waals surface area contributed by atoms with Crippen molar-refractivity contribution in [3.8, 4) is 22.6 Å². The zero-order chi connectivity index (χ0) is 14.9. The summed E-state index contributed by atoms with van der Waals surface area (Å²) in [5.74, 6) is 0.506. The van der Waals surface area contributed by atoms with E-state index in [-0.39, 0.29) is 11.5 Å². The maximum absolute atomic E-state index is 9.94. The van der Waals surface area contributed by atoms with E-state index in [1.54, 1.807) is 12.2 Å². The highest BCUT2D eigenvalue weighted by Gasteiger charge is 2.10. The van der Waals surface area contributed by atoms with Crippen LogP contribution >= 0.6 is 0 Å². The lowest BCUT2D eigenvalue weighted by Crippen LogP contribution is -1.88.